The molecule has 0 radical (unpaired) electrons. The van der Waals surface area contributed by atoms with Gasteiger partial charge in [0, 0.05) is 18.7 Å². The number of hydrogen-bond donors (Lipinski definition) is 0. The number of amides is 1. The van der Waals surface area contributed by atoms with Gasteiger partial charge in [-0.3, -0.25) is 4.90 Å². The van der Waals surface area contributed by atoms with Crippen LogP contribution in [0.1, 0.15) is 31.2 Å². The van der Waals surface area contributed by atoms with E-state index in [1.54, 1.807) is 7.11 Å². The van der Waals surface area contributed by atoms with Gasteiger partial charge in [0.05, 0.1) is 35.0 Å². The molecule has 190 valence electrons. The van der Waals surface area contributed by atoms with Crippen LogP contribution in [0.15, 0.2) is 36.4 Å². The Morgan fingerprint density at radius 1 is 0.886 bits per heavy atom. The zero-order valence-corrected chi connectivity index (χ0v) is 20.7. The second-order valence-corrected chi connectivity index (χ2v) is 8.05. The minimum absolute atomic E-state index is 0.224. The lowest BCUT2D eigenvalue weighted by atomic mass is 10.0. The van der Waals surface area contributed by atoms with Crippen molar-refractivity contribution < 1.29 is 38.0 Å². The van der Waals surface area contributed by atoms with Crippen LogP contribution in [-0.4, -0.2) is 64.6 Å². The molecule has 1 aliphatic heterocycles. The van der Waals surface area contributed by atoms with Crippen LogP contribution in [0.3, 0.4) is 0 Å². The first kappa shape index (κ1) is 26.0. The summed E-state index contributed by atoms with van der Waals surface area (Å²) in [4.78, 5) is 27.2. The zero-order valence-electron chi connectivity index (χ0n) is 20.7. The first-order valence-corrected chi connectivity index (χ1v) is 11.6. The van der Waals surface area contributed by atoms with Gasteiger partial charge < -0.3 is 28.4 Å². The maximum absolute atomic E-state index is 13.0. The normalized spacial score (nSPS) is 15.2. The van der Waals surface area contributed by atoms with E-state index in [2.05, 4.69) is 0 Å². The van der Waals surface area contributed by atoms with Crippen molar-refractivity contribution in [3.05, 3.63) is 42.0 Å². The lowest BCUT2D eigenvalue weighted by Gasteiger charge is -2.33. The Balaban J connectivity index is 1.58. The van der Waals surface area contributed by atoms with Gasteiger partial charge in [0.2, 0.25) is 5.75 Å². The summed E-state index contributed by atoms with van der Waals surface area (Å²) in [6.07, 6.45) is 2.97. The van der Waals surface area contributed by atoms with Crippen LogP contribution in [0, 0.1) is 0 Å². The summed E-state index contributed by atoms with van der Waals surface area (Å²) < 4.78 is 32.2. The zero-order chi connectivity index (χ0) is 25.2. The highest BCUT2D eigenvalue weighted by Crippen LogP contribution is 2.41. The van der Waals surface area contributed by atoms with E-state index in [1.807, 2.05) is 24.3 Å². The number of likely N-dealkylation sites (tertiary alicyclic amines) is 1. The molecule has 0 bridgehead atoms. The van der Waals surface area contributed by atoms with Crippen molar-refractivity contribution in [1.29, 1.82) is 0 Å². The molecule has 0 N–H and O–H groups in total. The van der Waals surface area contributed by atoms with E-state index in [1.165, 1.54) is 38.4 Å². The summed E-state index contributed by atoms with van der Waals surface area (Å²) >= 11 is 0. The molecule has 35 heavy (non-hydrogen) atoms. The van der Waals surface area contributed by atoms with Gasteiger partial charge in [-0.05, 0) is 49.8 Å². The third-order valence-corrected chi connectivity index (χ3v) is 5.87. The minimum atomic E-state index is -0.681. The maximum Gasteiger partial charge on any atom is 0.415 e. The number of carbonyl (C=O) groups excluding carboxylic acids is 2. The molecule has 9 nitrogen and oxygen atoms in total. The van der Waals surface area contributed by atoms with Gasteiger partial charge >= 0.3 is 12.1 Å². The van der Waals surface area contributed by atoms with Gasteiger partial charge in [-0.25, -0.2) is 9.59 Å². The van der Waals surface area contributed by atoms with Crippen molar-refractivity contribution >= 4 is 12.1 Å². The molecule has 1 heterocycles. The van der Waals surface area contributed by atoms with Crippen molar-refractivity contribution in [1.82, 2.24) is 4.90 Å². The predicted octanol–water partition coefficient (Wildman–Crippen LogP) is 4.25. The van der Waals surface area contributed by atoms with Gasteiger partial charge in [-0.1, -0.05) is 12.1 Å². The number of methoxy groups -OCH3 is 4. The summed E-state index contributed by atoms with van der Waals surface area (Å²) in [5.41, 5.74) is 1.13. The van der Waals surface area contributed by atoms with Crippen LogP contribution in [-0.2, 0) is 16.0 Å². The number of benzene rings is 2. The second-order valence-electron chi connectivity index (χ2n) is 8.05. The third-order valence-electron chi connectivity index (χ3n) is 5.87. The molecule has 2 aromatic carbocycles. The van der Waals surface area contributed by atoms with E-state index in [0.29, 0.717) is 36.6 Å². The fourth-order valence-electron chi connectivity index (χ4n) is 4.01. The molecule has 0 spiro atoms. The standard InChI is InChI=1S/C26H33NO8/c1-30-19-12-10-18(11-13-19)8-7-15-34-25(28)21-9-5-6-14-27(21)26(29)35-20-16-22(31-2)24(33-4)23(17-20)32-3/h10-13,16-17,21H,5-9,14-15H2,1-4H3. The maximum atomic E-state index is 13.0. The van der Waals surface area contributed by atoms with Gasteiger partial charge in [0.25, 0.3) is 0 Å². The Hall–Kier alpha value is -3.62. The lowest BCUT2D eigenvalue weighted by molar-refractivity contribution is -0.150. The van der Waals surface area contributed by atoms with E-state index >= 15 is 0 Å². The molecule has 1 aliphatic rings. The SMILES string of the molecule is COc1ccc(CCCOC(=O)C2CCCCN2C(=O)Oc2cc(OC)c(OC)c(OC)c2)cc1. The first-order valence-electron chi connectivity index (χ1n) is 11.6. The lowest BCUT2D eigenvalue weighted by Crippen LogP contribution is -2.49. The molecule has 0 saturated carbocycles. The number of rotatable bonds is 10. The Morgan fingerprint density at radius 3 is 2.17 bits per heavy atom. The largest absolute Gasteiger partial charge is 0.497 e. The molecule has 1 atom stereocenters. The van der Waals surface area contributed by atoms with Gasteiger partial charge in [-0.15, -0.1) is 0 Å². The smallest absolute Gasteiger partial charge is 0.415 e. The summed E-state index contributed by atoms with van der Waals surface area (Å²) in [6, 6.07) is 10.2. The number of ether oxygens (including phenoxy) is 6. The minimum Gasteiger partial charge on any atom is -0.497 e. The van der Waals surface area contributed by atoms with Crippen molar-refractivity contribution in [2.45, 2.75) is 38.1 Å². The molecular formula is C26H33NO8. The van der Waals surface area contributed by atoms with E-state index in [9.17, 15) is 9.59 Å². The molecule has 9 heteroatoms. The van der Waals surface area contributed by atoms with Crippen molar-refractivity contribution in [3.63, 3.8) is 0 Å². The number of carbonyl (C=O) groups is 2. The van der Waals surface area contributed by atoms with E-state index in [4.69, 9.17) is 28.4 Å². The highest BCUT2D eigenvalue weighted by atomic mass is 16.6. The summed E-state index contributed by atoms with van der Waals surface area (Å²) in [7, 11) is 6.08. The molecular weight excluding hydrogens is 454 g/mol. The van der Waals surface area contributed by atoms with E-state index in [-0.39, 0.29) is 12.4 Å². The Bertz CT molecular complexity index is 966. The van der Waals surface area contributed by atoms with Crippen molar-refractivity contribution in [2.24, 2.45) is 0 Å². The molecule has 1 unspecified atom stereocenters. The van der Waals surface area contributed by atoms with Crippen molar-refractivity contribution in [2.75, 3.05) is 41.6 Å². The second kappa shape index (κ2) is 12.7. The quantitative estimate of drug-likeness (QED) is 0.363. The average molecular weight is 488 g/mol. The molecule has 3 rings (SSSR count). The monoisotopic (exact) mass is 487 g/mol. The van der Waals surface area contributed by atoms with Gasteiger partial charge in [-0.2, -0.15) is 0 Å². The van der Waals surface area contributed by atoms with Crippen LogP contribution in [0.4, 0.5) is 4.79 Å². The Labute approximate surface area is 205 Å². The van der Waals surface area contributed by atoms with Crippen LogP contribution in [0.25, 0.3) is 0 Å². The van der Waals surface area contributed by atoms with Crippen LogP contribution in [0.2, 0.25) is 0 Å². The van der Waals surface area contributed by atoms with E-state index < -0.39 is 18.1 Å². The molecule has 0 aromatic heterocycles. The molecule has 1 saturated heterocycles. The first-order chi connectivity index (χ1) is 17.0. The highest BCUT2D eigenvalue weighted by Gasteiger charge is 2.34. The number of hydrogen-bond acceptors (Lipinski definition) is 8. The molecule has 2 aromatic rings. The molecule has 0 aliphatic carbocycles. The van der Waals surface area contributed by atoms with Crippen molar-refractivity contribution in [3.8, 4) is 28.7 Å². The van der Waals surface area contributed by atoms with Crippen LogP contribution in [0.5, 0.6) is 28.7 Å². The number of nitrogens with zero attached hydrogens (tertiary/aromatic N) is 1. The highest BCUT2D eigenvalue weighted by molar-refractivity contribution is 5.82. The predicted molar refractivity (Wildman–Crippen MR) is 129 cm³/mol. The summed E-state index contributed by atoms with van der Waals surface area (Å²) in [5, 5.41) is 0. The molecule has 1 amide bonds. The van der Waals surface area contributed by atoms with Gasteiger partial charge in [0.1, 0.15) is 17.5 Å². The fraction of sp³-hybridized carbons (Fsp3) is 0.462. The number of aryl methyl sites for hydroxylation is 1. The average Bonchev–Trinajstić information content (AvgIpc) is 2.90. The van der Waals surface area contributed by atoms with E-state index in [0.717, 1.165) is 30.6 Å². The summed E-state index contributed by atoms with van der Waals surface area (Å²) in [6.45, 7) is 0.687. The van der Waals surface area contributed by atoms with Crippen LogP contribution < -0.4 is 23.7 Å². The third kappa shape index (κ3) is 6.71. The van der Waals surface area contributed by atoms with Gasteiger partial charge in [0.15, 0.2) is 11.5 Å². The molecule has 1 fully saturated rings. The Morgan fingerprint density at radius 2 is 1.57 bits per heavy atom. The Kier molecular flexibility index (Phi) is 9.46. The fourth-order valence-corrected chi connectivity index (χ4v) is 4.01. The topological polar surface area (TPSA) is 92.8 Å². The summed E-state index contributed by atoms with van der Waals surface area (Å²) in [5.74, 6) is 1.73. The number of esters is 1. The van der Waals surface area contributed by atoms with Crippen LogP contribution >= 0.6 is 0 Å². The number of piperidine rings is 1.